The number of hydrogen-bond donors (Lipinski definition) is 0. The Morgan fingerprint density at radius 3 is 2.26 bits per heavy atom. The molecule has 2 rings (SSSR count). The Hall–Kier alpha value is -1.57. The molecule has 0 aliphatic rings. The summed E-state index contributed by atoms with van der Waals surface area (Å²) in [5, 5.41) is 0. The van der Waals surface area contributed by atoms with E-state index in [-0.39, 0.29) is 0 Å². The van der Waals surface area contributed by atoms with Crippen LogP contribution in [0.1, 0.15) is 70.2 Å². The van der Waals surface area contributed by atoms with Gasteiger partial charge in [0.1, 0.15) is 12.4 Å². The maximum atomic E-state index is 2.46. The summed E-state index contributed by atoms with van der Waals surface area (Å²) in [6.07, 6.45) is 15.1. The van der Waals surface area contributed by atoms with Gasteiger partial charge in [-0.2, -0.15) is 0 Å². The molecule has 0 radical (unpaired) electrons. The normalized spacial score (nSPS) is 11.0. The van der Waals surface area contributed by atoms with Gasteiger partial charge in [-0.15, -0.1) is 0 Å². The van der Waals surface area contributed by atoms with Crippen molar-refractivity contribution in [2.24, 2.45) is 0 Å². The van der Waals surface area contributed by atoms with Crippen LogP contribution in [-0.4, -0.2) is 4.57 Å². The minimum absolute atomic E-state index is 1.03. The summed E-state index contributed by atoms with van der Waals surface area (Å²) >= 11 is 0. The summed E-state index contributed by atoms with van der Waals surface area (Å²) in [4.78, 5) is 0. The highest BCUT2D eigenvalue weighted by atomic mass is 15.1. The van der Waals surface area contributed by atoms with Gasteiger partial charge in [0.05, 0.1) is 19.5 Å². The molecule has 1 aromatic carbocycles. The Kier molecular flexibility index (Phi) is 7.92. The Balaban J connectivity index is 1.85. The largest absolute Gasteiger partial charge is 0.260 e. The second kappa shape index (κ2) is 10.3. The Morgan fingerprint density at radius 1 is 0.870 bits per heavy atom. The van der Waals surface area contributed by atoms with Crippen molar-refractivity contribution in [2.75, 3.05) is 0 Å². The van der Waals surface area contributed by atoms with E-state index in [2.05, 4.69) is 65.7 Å². The predicted octanol–water partition coefficient (Wildman–Crippen LogP) is 5.14. The highest BCUT2D eigenvalue weighted by Crippen LogP contribution is 2.09. The minimum Gasteiger partial charge on any atom is -0.234 e. The molecule has 23 heavy (non-hydrogen) atoms. The van der Waals surface area contributed by atoms with Gasteiger partial charge in [-0.25, -0.2) is 9.13 Å². The number of rotatable bonds is 11. The zero-order valence-electron chi connectivity index (χ0n) is 15.0. The molecule has 1 heterocycles. The lowest BCUT2D eigenvalue weighted by molar-refractivity contribution is -0.703. The van der Waals surface area contributed by atoms with Crippen molar-refractivity contribution in [3.63, 3.8) is 0 Å². The molecule has 0 saturated carbocycles. The van der Waals surface area contributed by atoms with E-state index in [9.17, 15) is 0 Å². The summed E-state index contributed by atoms with van der Waals surface area (Å²) in [6, 6.07) is 10.8. The highest BCUT2D eigenvalue weighted by Gasteiger charge is 2.16. The molecule has 0 saturated heterocycles. The van der Waals surface area contributed by atoms with E-state index in [1.165, 1.54) is 56.3 Å². The second-order valence-electron chi connectivity index (χ2n) is 6.48. The molecule has 0 fully saturated rings. The van der Waals surface area contributed by atoms with Gasteiger partial charge in [-0.3, -0.25) is 0 Å². The van der Waals surface area contributed by atoms with Crippen LogP contribution in [0.4, 0.5) is 0 Å². The zero-order valence-corrected chi connectivity index (χ0v) is 15.0. The van der Waals surface area contributed by atoms with Crippen molar-refractivity contribution >= 4 is 0 Å². The number of benzene rings is 1. The molecule has 0 bridgehead atoms. The average Bonchev–Trinajstić information content (AvgIpc) is 2.97. The first-order chi connectivity index (χ1) is 11.3. The van der Waals surface area contributed by atoms with Gasteiger partial charge < -0.3 is 0 Å². The summed E-state index contributed by atoms with van der Waals surface area (Å²) < 4.78 is 4.84. The molecular formula is C21H33N2+. The summed E-state index contributed by atoms with van der Waals surface area (Å²) in [6.45, 7) is 6.71. The van der Waals surface area contributed by atoms with Crippen LogP contribution in [0, 0.1) is 0 Å². The molecule has 2 aromatic rings. The molecule has 0 atom stereocenters. The molecule has 1 aromatic heterocycles. The maximum Gasteiger partial charge on any atom is 0.260 e. The van der Waals surface area contributed by atoms with Crippen molar-refractivity contribution < 1.29 is 4.57 Å². The lowest BCUT2D eigenvalue weighted by Crippen LogP contribution is -2.37. The molecule has 2 nitrogen and oxygen atoms in total. The van der Waals surface area contributed by atoms with Crippen molar-refractivity contribution in [1.82, 2.24) is 4.57 Å². The van der Waals surface area contributed by atoms with E-state index >= 15 is 0 Å². The molecule has 0 unspecified atom stereocenters. The van der Waals surface area contributed by atoms with Crippen LogP contribution in [-0.2, 0) is 19.5 Å². The fraction of sp³-hybridized carbons (Fsp3) is 0.571. The Bertz CT molecular complexity index is 542. The van der Waals surface area contributed by atoms with Crippen LogP contribution in [0.15, 0.2) is 42.7 Å². The van der Waals surface area contributed by atoms with Gasteiger partial charge in [-0.05, 0) is 25.3 Å². The van der Waals surface area contributed by atoms with E-state index in [0.29, 0.717) is 0 Å². The van der Waals surface area contributed by atoms with E-state index in [0.717, 1.165) is 19.5 Å². The molecule has 2 heteroatoms. The highest BCUT2D eigenvalue weighted by molar-refractivity contribution is 5.18. The fourth-order valence-electron chi connectivity index (χ4n) is 3.21. The van der Waals surface area contributed by atoms with Gasteiger partial charge in [0.25, 0.3) is 5.82 Å². The summed E-state index contributed by atoms with van der Waals surface area (Å²) in [5.41, 5.74) is 1.40. The third-order valence-electron chi connectivity index (χ3n) is 4.64. The van der Waals surface area contributed by atoms with Gasteiger partial charge in [-0.1, -0.05) is 69.4 Å². The van der Waals surface area contributed by atoms with Crippen LogP contribution in [0.2, 0.25) is 0 Å². The lowest BCUT2D eigenvalue weighted by Gasteiger charge is -2.05. The number of aryl methyl sites for hydroxylation is 2. The molecule has 0 aliphatic carbocycles. The predicted molar refractivity (Wildman–Crippen MR) is 97.5 cm³/mol. The third kappa shape index (κ3) is 5.85. The van der Waals surface area contributed by atoms with Gasteiger partial charge >= 0.3 is 0 Å². The number of hydrogen-bond acceptors (Lipinski definition) is 0. The first-order valence-electron chi connectivity index (χ1n) is 9.46. The SMILES string of the molecule is CCCCCCCCC[n+]1ccn(CC)c1Cc1ccccc1. The molecular weight excluding hydrogens is 280 g/mol. The average molecular weight is 314 g/mol. The Labute approximate surface area is 142 Å². The van der Waals surface area contributed by atoms with E-state index in [1.807, 2.05) is 0 Å². The van der Waals surface area contributed by atoms with Crippen molar-refractivity contribution in [1.29, 1.82) is 0 Å². The maximum absolute atomic E-state index is 2.46. The van der Waals surface area contributed by atoms with Crippen LogP contribution >= 0.6 is 0 Å². The number of imidazole rings is 1. The standard InChI is InChI=1S/C21H33N2/c1-3-5-6-7-8-9-13-16-23-18-17-22(4-2)21(23)19-20-14-11-10-12-15-20/h10-12,14-15,17-18H,3-9,13,16,19H2,1-2H3/q+1. The molecule has 0 aliphatic heterocycles. The van der Waals surface area contributed by atoms with Crippen molar-refractivity contribution in [3.05, 3.63) is 54.1 Å². The van der Waals surface area contributed by atoms with Crippen molar-refractivity contribution in [2.45, 2.75) is 78.3 Å². The van der Waals surface area contributed by atoms with Gasteiger partial charge in [0.15, 0.2) is 0 Å². The Morgan fingerprint density at radius 2 is 1.57 bits per heavy atom. The van der Waals surface area contributed by atoms with Gasteiger partial charge in [0, 0.05) is 0 Å². The van der Waals surface area contributed by atoms with Crippen LogP contribution in [0.5, 0.6) is 0 Å². The number of nitrogens with zero attached hydrogens (tertiary/aromatic N) is 2. The zero-order chi connectivity index (χ0) is 16.3. The minimum atomic E-state index is 1.03. The monoisotopic (exact) mass is 313 g/mol. The first kappa shape index (κ1) is 17.8. The molecule has 126 valence electrons. The topological polar surface area (TPSA) is 8.81 Å². The number of aromatic nitrogens is 2. The van der Waals surface area contributed by atoms with E-state index in [4.69, 9.17) is 0 Å². The van der Waals surface area contributed by atoms with Crippen LogP contribution in [0.25, 0.3) is 0 Å². The van der Waals surface area contributed by atoms with Crippen LogP contribution in [0.3, 0.4) is 0 Å². The smallest absolute Gasteiger partial charge is 0.234 e. The van der Waals surface area contributed by atoms with Gasteiger partial charge in [0.2, 0.25) is 0 Å². The van der Waals surface area contributed by atoms with Crippen LogP contribution < -0.4 is 4.57 Å². The summed E-state index contributed by atoms with van der Waals surface area (Å²) in [7, 11) is 0. The lowest BCUT2D eigenvalue weighted by atomic mass is 10.1. The quantitative estimate of drug-likeness (QED) is 0.401. The number of unbranched alkanes of at least 4 members (excludes halogenated alkanes) is 6. The molecule has 0 spiro atoms. The fourth-order valence-corrected chi connectivity index (χ4v) is 3.21. The molecule has 0 N–H and O–H groups in total. The van der Waals surface area contributed by atoms with Crippen molar-refractivity contribution in [3.8, 4) is 0 Å². The first-order valence-corrected chi connectivity index (χ1v) is 9.46. The molecule has 0 amide bonds. The van der Waals surface area contributed by atoms with E-state index in [1.54, 1.807) is 0 Å². The second-order valence-corrected chi connectivity index (χ2v) is 6.48. The third-order valence-corrected chi connectivity index (χ3v) is 4.64. The van der Waals surface area contributed by atoms with E-state index < -0.39 is 0 Å². The summed E-state index contributed by atoms with van der Waals surface area (Å²) in [5.74, 6) is 1.43.